The molecule has 1 aromatic rings. The van der Waals surface area contributed by atoms with Crippen LogP contribution in [-0.4, -0.2) is 39.4 Å². The molecule has 0 radical (unpaired) electrons. The summed E-state index contributed by atoms with van der Waals surface area (Å²) in [5.41, 5.74) is 5.18. The first kappa shape index (κ1) is 15.7. The number of anilines is 1. The number of nitrogens with two attached hydrogens (primary N) is 1. The molecule has 0 aromatic heterocycles. The summed E-state index contributed by atoms with van der Waals surface area (Å²) in [4.78, 5) is 35.5. The van der Waals surface area contributed by atoms with E-state index in [0.717, 1.165) is 12.5 Å². The minimum atomic E-state index is -1.06. The number of nitro benzene ring substituents is 1. The van der Waals surface area contributed by atoms with Gasteiger partial charge in [0.05, 0.1) is 4.92 Å². The van der Waals surface area contributed by atoms with Crippen LogP contribution in [0.3, 0.4) is 0 Å². The number of nitro groups is 1. The number of carboxylic acids is 1. The molecular weight excluding hydrogens is 290 g/mol. The quantitative estimate of drug-likeness (QED) is 0.495. The SMILES string of the molecule is CC1CCCN(C(=O)c2ccc(N)c([N+](=O)[O-])c2)C1C(=O)O. The highest BCUT2D eigenvalue weighted by Crippen LogP contribution is 2.28. The molecule has 1 aliphatic heterocycles. The van der Waals surface area contributed by atoms with Crippen LogP contribution in [0, 0.1) is 16.0 Å². The van der Waals surface area contributed by atoms with Crippen LogP contribution in [0.2, 0.25) is 0 Å². The van der Waals surface area contributed by atoms with Gasteiger partial charge in [-0.25, -0.2) is 4.79 Å². The summed E-state index contributed by atoms with van der Waals surface area (Å²) in [7, 11) is 0. The Bertz CT molecular complexity index is 631. The number of nitrogens with zero attached hydrogens (tertiary/aromatic N) is 2. The van der Waals surface area contributed by atoms with E-state index in [0.29, 0.717) is 13.0 Å². The first-order valence-corrected chi connectivity index (χ1v) is 6.90. The standard InChI is InChI=1S/C14H17N3O5/c1-8-3-2-6-16(12(8)14(19)20)13(18)9-4-5-10(15)11(7-9)17(21)22/h4-5,7-8,12H,2-3,6,15H2,1H3,(H,19,20). The van der Waals surface area contributed by atoms with E-state index in [1.807, 2.05) is 0 Å². The number of rotatable bonds is 3. The summed E-state index contributed by atoms with van der Waals surface area (Å²) in [6, 6.07) is 2.84. The number of nitrogen functional groups attached to an aromatic ring is 1. The van der Waals surface area contributed by atoms with E-state index < -0.39 is 22.8 Å². The maximum absolute atomic E-state index is 12.5. The zero-order valence-corrected chi connectivity index (χ0v) is 12.1. The van der Waals surface area contributed by atoms with E-state index in [-0.39, 0.29) is 22.9 Å². The topological polar surface area (TPSA) is 127 Å². The summed E-state index contributed by atoms with van der Waals surface area (Å²) in [6.07, 6.45) is 1.43. The molecule has 1 heterocycles. The Morgan fingerprint density at radius 1 is 1.45 bits per heavy atom. The van der Waals surface area contributed by atoms with Crippen molar-refractivity contribution in [1.29, 1.82) is 0 Å². The van der Waals surface area contributed by atoms with Crippen molar-refractivity contribution >= 4 is 23.3 Å². The lowest BCUT2D eigenvalue weighted by atomic mass is 9.90. The first-order valence-electron chi connectivity index (χ1n) is 6.90. The van der Waals surface area contributed by atoms with Crippen LogP contribution in [-0.2, 0) is 4.79 Å². The number of amides is 1. The lowest BCUT2D eigenvalue weighted by molar-refractivity contribution is -0.383. The highest BCUT2D eigenvalue weighted by Gasteiger charge is 2.37. The first-order chi connectivity index (χ1) is 10.3. The summed E-state index contributed by atoms with van der Waals surface area (Å²) in [5.74, 6) is -1.76. The molecule has 1 amide bonds. The average molecular weight is 307 g/mol. The van der Waals surface area contributed by atoms with Gasteiger partial charge >= 0.3 is 5.97 Å². The Morgan fingerprint density at radius 3 is 2.73 bits per heavy atom. The summed E-state index contributed by atoms with van der Waals surface area (Å²) >= 11 is 0. The van der Waals surface area contributed by atoms with Gasteiger partial charge in [0.15, 0.2) is 0 Å². The van der Waals surface area contributed by atoms with Crippen molar-refractivity contribution in [2.75, 3.05) is 12.3 Å². The molecular formula is C14H17N3O5. The van der Waals surface area contributed by atoms with Crippen molar-refractivity contribution in [2.24, 2.45) is 5.92 Å². The molecule has 1 saturated heterocycles. The second-order valence-corrected chi connectivity index (χ2v) is 5.43. The normalized spacial score (nSPS) is 21.4. The van der Waals surface area contributed by atoms with Crippen LogP contribution >= 0.6 is 0 Å². The van der Waals surface area contributed by atoms with E-state index in [1.54, 1.807) is 6.92 Å². The van der Waals surface area contributed by atoms with Crippen LogP contribution in [0.5, 0.6) is 0 Å². The molecule has 0 aliphatic carbocycles. The number of hydrogen-bond acceptors (Lipinski definition) is 5. The second kappa shape index (κ2) is 6.00. The van der Waals surface area contributed by atoms with Gasteiger partial charge in [-0.2, -0.15) is 0 Å². The number of benzene rings is 1. The van der Waals surface area contributed by atoms with Crippen molar-refractivity contribution < 1.29 is 19.6 Å². The Morgan fingerprint density at radius 2 is 2.14 bits per heavy atom. The molecule has 8 heteroatoms. The Kier molecular flexibility index (Phi) is 4.30. The van der Waals surface area contributed by atoms with E-state index in [2.05, 4.69) is 0 Å². The third-order valence-corrected chi connectivity index (χ3v) is 3.92. The molecule has 1 aromatic carbocycles. The number of carbonyl (C=O) groups is 2. The average Bonchev–Trinajstić information content (AvgIpc) is 2.46. The highest BCUT2D eigenvalue weighted by atomic mass is 16.6. The molecule has 2 rings (SSSR count). The number of piperidine rings is 1. The van der Waals surface area contributed by atoms with E-state index >= 15 is 0 Å². The van der Waals surface area contributed by atoms with Crippen molar-refractivity contribution in [3.05, 3.63) is 33.9 Å². The summed E-state index contributed by atoms with van der Waals surface area (Å²) in [5, 5.41) is 20.2. The highest BCUT2D eigenvalue weighted by molar-refractivity contribution is 5.98. The minimum absolute atomic E-state index is 0.0386. The Labute approximate surface area is 126 Å². The maximum Gasteiger partial charge on any atom is 0.326 e. The molecule has 1 fully saturated rings. The van der Waals surface area contributed by atoms with Crippen molar-refractivity contribution in [3.63, 3.8) is 0 Å². The fraction of sp³-hybridized carbons (Fsp3) is 0.429. The Hall–Kier alpha value is -2.64. The molecule has 3 N–H and O–H groups in total. The fourth-order valence-corrected chi connectivity index (χ4v) is 2.79. The largest absolute Gasteiger partial charge is 0.480 e. The zero-order chi connectivity index (χ0) is 16.4. The van der Waals surface area contributed by atoms with Gasteiger partial charge in [0.1, 0.15) is 11.7 Å². The number of likely N-dealkylation sites (tertiary alicyclic amines) is 1. The van der Waals surface area contributed by atoms with Crippen molar-refractivity contribution in [2.45, 2.75) is 25.8 Å². The van der Waals surface area contributed by atoms with Gasteiger partial charge in [0.2, 0.25) is 0 Å². The lowest BCUT2D eigenvalue weighted by Gasteiger charge is -2.37. The van der Waals surface area contributed by atoms with Gasteiger partial charge in [0.25, 0.3) is 11.6 Å². The van der Waals surface area contributed by atoms with Crippen molar-refractivity contribution in [3.8, 4) is 0 Å². The molecule has 0 spiro atoms. The molecule has 2 atom stereocenters. The number of hydrogen-bond donors (Lipinski definition) is 2. The predicted molar refractivity (Wildman–Crippen MR) is 78.4 cm³/mol. The molecule has 8 nitrogen and oxygen atoms in total. The Balaban J connectivity index is 2.36. The summed E-state index contributed by atoms with van der Waals surface area (Å²) < 4.78 is 0. The van der Waals surface area contributed by atoms with Gasteiger partial charge < -0.3 is 15.7 Å². The second-order valence-electron chi connectivity index (χ2n) is 5.43. The van der Waals surface area contributed by atoms with Crippen LogP contribution in [0.15, 0.2) is 18.2 Å². The minimum Gasteiger partial charge on any atom is -0.480 e. The van der Waals surface area contributed by atoms with E-state index in [1.165, 1.54) is 17.0 Å². The molecule has 1 aliphatic rings. The zero-order valence-electron chi connectivity index (χ0n) is 12.1. The van der Waals surface area contributed by atoms with Gasteiger partial charge in [-0.15, -0.1) is 0 Å². The molecule has 0 saturated carbocycles. The maximum atomic E-state index is 12.5. The third kappa shape index (κ3) is 2.85. The van der Waals surface area contributed by atoms with Crippen LogP contribution in [0.4, 0.5) is 11.4 Å². The van der Waals surface area contributed by atoms with E-state index in [9.17, 15) is 24.8 Å². The molecule has 0 bridgehead atoms. The summed E-state index contributed by atoms with van der Waals surface area (Å²) in [6.45, 7) is 2.10. The van der Waals surface area contributed by atoms with Gasteiger partial charge in [-0.1, -0.05) is 6.92 Å². The smallest absolute Gasteiger partial charge is 0.326 e. The van der Waals surface area contributed by atoms with Crippen molar-refractivity contribution in [1.82, 2.24) is 4.90 Å². The van der Waals surface area contributed by atoms with Crippen LogP contribution in [0.25, 0.3) is 0 Å². The number of carboxylic acid groups (broad SMARTS) is 1. The molecule has 22 heavy (non-hydrogen) atoms. The van der Waals surface area contributed by atoms with Crippen LogP contribution < -0.4 is 5.73 Å². The number of aliphatic carboxylic acids is 1. The fourth-order valence-electron chi connectivity index (χ4n) is 2.79. The third-order valence-electron chi connectivity index (χ3n) is 3.92. The monoisotopic (exact) mass is 307 g/mol. The number of carbonyl (C=O) groups excluding carboxylic acids is 1. The van der Waals surface area contributed by atoms with E-state index in [4.69, 9.17) is 5.73 Å². The van der Waals surface area contributed by atoms with Gasteiger partial charge in [-0.3, -0.25) is 14.9 Å². The van der Waals surface area contributed by atoms with Crippen LogP contribution in [0.1, 0.15) is 30.1 Å². The lowest BCUT2D eigenvalue weighted by Crippen LogP contribution is -2.51. The molecule has 118 valence electrons. The predicted octanol–water partition coefficient (Wildman–Crippen LogP) is 1.50. The van der Waals surface area contributed by atoms with Gasteiger partial charge in [-0.05, 0) is 30.9 Å². The molecule has 2 unspecified atom stereocenters. The van der Waals surface area contributed by atoms with Gasteiger partial charge in [0, 0.05) is 18.2 Å².